The van der Waals surface area contributed by atoms with Gasteiger partial charge in [0.1, 0.15) is 18.8 Å². The van der Waals surface area contributed by atoms with Crippen molar-refractivity contribution < 1.29 is 24.1 Å². The van der Waals surface area contributed by atoms with Gasteiger partial charge in [0, 0.05) is 13.1 Å². The Morgan fingerprint density at radius 2 is 1.81 bits per heavy atom. The molecule has 6 nitrogen and oxygen atoms in total. The number of hydrogen-bond donors (Lipinski definition) is 1. The lowest BCUT2D eigenvalue weighted by molar-refractivity contribution is -0.154. The van der Waals surface area contributed by atoms with E-state index in [1.807, 2.05) is 4.90 Å². The largest absolute Gasteiger partial charge is 0.486 e. The second kappa shape index (κ2) is 5.54. The lowest BCUT2D eigenvalue weighted by Gasteiger charge is -2.40. The molecule has 6 heteroatoms. The van der Waals surface area contributed by atoms with Crippen LogP contribution >= 0.6 is 0 Å². The summed E-state index contributed by atoms with van der Waals surface area (Å²) >= 11 is 0. The zero-order valence-corrected chi connectivity index (χ0v) is 12.0. The number of morpholine rings is 1. The number of carboxylic acids is 1. The molecule has 0 amide bonds. The molecule has 1 saturated heterocycles. The molecular weight excluding hydrogens is 274 g/mol. The summed E-state index contributed by atoms with van der Waals surface area (Å²) in [6.07, 6.45) is 0. The molecule has 2 aliphatic rings. The first kappa shape index (κ1) is 14.2. The molecule has 0 aliphatic carbocycles. The summed E-state index contributed by atoms with van der Waals surface area (Å²) in [6, 6.07) is 5.36. The van der Waals surface area contributed by atoms with Crippen LogP contribution in [-0.4, -0.2) is 55.5 Å². The molecule has 3 rings (SSSR count). The van der Waals surface area contributed by atoms with E-state index in [1.54, 1.807) is 25.1 Å². The van der Waals surface area contributed by atoms with Gasteiger partial charge in [0.25, 0.3) is 0 Å². The van der Waals surface area contributed by atoms with Crippen molar-refractivity contribution in [3.05, 3.63) is 23.8 Å². The second-order valence-corrected chi connectivity index (χ2v) is 5.34. The van der Waals surface area contributed by atoms with Crippen molar-refractivity contribution >= 4 is 5.97 Å². The molecule has 0 spiro atoms. The molecule has 0 bridgehead atoms. The lowest BCUT2D eigenvalue weighted by Crippen LogP contribution is -2.54. The van der Waals surface area contributed by atoms with E-state index in [0.717, 1.165) is 0 Å². The number of rotatable bonds is 3. The second-order valence-electron chi connectivity index (χ2n) is 5.34. The fourth-order valence-electron chi connectivity index (χ4n) is 2.80. The van der Waals surface area contributed by atoms with Crippen LogP contribution in [0, 0.1) is 0 Å². The van der Waals surface area contributed by atoms with Gasteiger partial charge in [0.05, 0.1) is 13.2 Å². The van der Waals surface area contributed by atoms with Gasteiger partial charge in [-0.15, -0.1) is 0 Å². The molecule has 1 aromatic carbocycles. The molecule has 1 aromatic rings. The lowest BCUT2D eigenvalue weighted by atomic mass is 9.89. The highest BCUT2D eigenvalue weighted by Gasteiger charge is 2.42. The van der Waals surface area contributed by atoms with Crippen LogP contribution in [-0.2, 0) is 15.1 Å². The van der Waals surface area contributed by atoms with Crippen LogP contribution in [0.25, 0.3) is 0 Å². The van der Waals surface area contributed by atoms with Gasteiger partial charge < -0.3 is 19.3 Å². The van der Waals surface area contributed by atoms with Crippen molar-refractivity contribution in [2.45, 2.75) is 12.5 Å². The quantitative estimate of drug-likeness (QED) is 0.900. The smallest absolute Gasteiger partial charge is 0.328 e. The van der Waals surface area contributed by atoms with E-state index in [2.05, 4.69) is 0 Å². The number of carboxylic acid groups (broad SMARTS) is 1. The summed E-state index contributed by atoms with van der Waals surface area (Å²) in [5.74, 6) is 0.403. The van der Waals surface area contributed by atoms with Crippen LogP contribution in [0.3, 0.4) is 0 Å². The van der Waals surface area contributed by atoms with E-state index in [1.165, 1.54) is 0 Å². The third-order valence-electron chi connectivity index (χ3n) is 4.16. The Labute approximate surface area is 123 Å². The molecule has 2 heterocycles. The molecule has 0 aromatic heterocycles. The number of nitrogens with zero attached hydrogens (tertiary/aromatic N) is 1. The van der Waals surface area contributed by atoms with Gasteiger partial charge in [-0.2, -0.15) is 0 Å². The summed E-state index contributed by atoms with van der Waals surface area (Å²) in [5.41, 5.74) is -0.402. The van der Waals surface area contributed by atoms with Crippen molar-refractivity contribution in [3.63, 3.8) is 0 Å². The first-order chi connectivity index (χ1) is 10.1. The van der Waals surface area contributed by atoms with Crippen LogP contribution in [0.1, 0.15) is 12.5 Å². The zero-order valence-electron chi connectivity index (χ0n) is 12.0. The number of carbonyl (C=O) groups is 1. The van der Waals surface area contributed by atoms with Gasteiger partial charge in [-0.05, 0) is 24.6 Å². The standard InChI is InChI=1S/C15H19NO5/c1-15(14(17)18,16-4-6-19-7-5-16)11-2-3-12-13(10-11)21-9-8-20-12/h2-3,10H,4-9H2,1H3,(H,17,18). The number of ether oxygens (including phenoxy) is 3. The average molecular weight is 293 g/mol. The fraction of sp³-hybridized carbons (Fsp3) is 0.533. The van der Waals surface area contributed by atoms with E-state index in [4.69, 9.17) is 14.2 Å². The van der Waals surface area contributed by atoms with Crippen LogP contribution in [0.15, 0.2) is 18.2 Å². The molecule has 1 fully saturated rings. The molecule has 21 heavy (non-hydrogen) atoms. The van der Waals surface area contributed by atoms with Crippen LogP contribution in [0.2, 0.25) is 0 Å². The molecule has 0 radical (unpaired) electrons. The maximum Gasteiger partial charge on any atom is 0.328 e. The van der Waals surface area contributed by atoms with Crippen molar-refractivity contribution in [2.75, 3.05) is 39.5 Å². The van der Waals surface area contributed by atoms with Gasteiger partial charge >= 0.3 is 5.97 Å². The number of aliphatic carboxylic acids is 1. The van der Waals surface area contributed by atoms with Crippen LogP contribution in [0.5, 0.6) is 11.5 Å². The Bertz CT molecular complexity index is 541. The molecule has 0 saturated carbocycles. The molecule has 1 atom stereocenters. The first-order valence-electron chi connectivity index (χ1n) is 7.08. The normalized spacial score (nSPS) is 21.6. The number of fused-ring (bicyclic) bond motifs is 1. The van der Waals surface area contributed by atoms with Crippen molar-refractivity contribution in [1.29, 1.82) is 0 Å². The van der Waals surface area contributed by atoms with E-state index in [-0.39, 0.29) is 0 Å². The highest BCUT2D eigenvalue weighted by atomic mass is 16.6. The highest BCUT2D eigenvalue weighted by molar-refractivity contribution is 5.80. The Morgan fingerprint density at radius 3 is 2.48 bits per heavy atom. The third kappa shape index (κ3) is 2.45. The number of hydrogen-bond acceptors (Lipinski definition) is 5. The monoisotopic (exact) mass is 293 g/mol. The minimum Gasteiger partial charge on any atom is -0.486 e. The first-order valence-corrected chi connectivity index (χ1v) is 7.08. The minimum absolute atomic E-state index is 0.484. The van der Waals surface area contributed by atoms with Gasteiger partial charge in [0.15, 0.2) is 11.5 Å². The SMILES string of the molecule is CC(C(=O)O)(c1ccc2c(c1)OCCO2)N1CCOCC1. The average Bonchev–Trinajstić information content (AvgIpc) is 2.54. The Kier molecular flexibility index (Phi) is 3.73. The summed E-state index contributed by atoms with van der Waals surface area (Å²) in [6.45, 7) is 5.02. The summed E-state index contributed by atoms with van der Waals surface area (Å²) in [5, 5.41) is 9.79. The zero-order chi connectivity index (χ0) is 14.9. The Hall–Kier alpha value is -1.79. The van der Waals surface area contributed by atoms with Gasteiger partial charge in [-0.25, -0.2) is 4.79 Å². The highest BCUT2D eigenvalue weighted by Crippen LogP contribution is 2.37. The molecule has 1 N–H and O–H groups in total. The number of benzene rings is 1. The summed E-state index contributed by atoms with van der Waals surface area (Å²) in [4.78, 5) is 13.9. The van der Waals surface area contributed by atoms with E-state index in [9.17, 15) is 9.90 Å². The van der Waals surface area contributed by atoms with E-state index >= 15 is 0 Å². The maximum atomic E-state index is 11.9. The summed E-state index contributed by atoms with van der Waals surface area (Å²) < 4.78 is 16.4. The van der Waals surface area contributed by atoms with Gasteiger partial charge in [-0.3, -0.25) is 4.90 Å². The topological polar surface area (TPSA) is 68.2 Å². The molecule has 114 valence electrons. The third-order valence-corrected chi connectivity index (χ3v) is 4.16. The van der Waals surface area contributed by atoms with E-state index in [0.29, 0.717) is 56.6 Å². The van der Waals surface area contributed by atoms with Gasteiger partial charge in [0.2, 0.25) is 0 Å². The molecule has 2 aliphatic heterocycles. The molecular formula is C15H19NO5. The molecule has 1 unspecified atom stereocenters. The van der Waals surface area contributed by atoms with Crippen molar-refractivity contribution in [3.8, 4) is 11.5 Å². The predicted molar refractivity (Wildman–Crippen MR) is 74.8 cm³/mol. The Morgan fingerprint density at radius 1 is 1.14 bits per heavy atom. The van der Waals surface area contributed by atoms with Crippen LogP contribution in [0.4, 0.5) is 0 Å². The maximum absolute atomic E-state index is 11.9. The minimum atomic E-state index is -1.10. The fourth-order valence-corrected chi connectivity index (χ4v) is 2.80. The Balaban J connectivity index is 1.98. The van der Waals surface area contributed by atoms with Crippen molar-refractivity contribution in [1.82, 2.24) is 4.90 Å². The van der Waals surface area contributed by atoms with Gasteiger partial charge in [-0.1, -0.05) is 6.07 Å². The summed E-state index contributed by atoms with van der Waals surface area (Å²) in [7, 11) is 0. The van der Waals surface area contributed by atoms with Crippen LogP contribution < -0.4 is 9.47 Å². The van der Waals surface area contributed by atoms with Crippen molar-refractivity contribution in [2.24, 2.45) is 0 Å². The van der Waals surface area contributed by atoms with E-state index < -0.39 is 11.5 Å². The predicted octanol–water partition coefficient (Wildman–Crippen LogP) is 1.09.